The molecule has 5 heterocycles. The molecule has 13 heteroatoms. The van der Waals surface area contributed by atoms with Crippen molar-refractivity contribution in [2.75, 3.05) is 0 Å². The minimum absolute atomic E-state index is 0.210. The van der Waals surface area contributed by atoms with Crippen LogP contribution in [0, 0.1) is 13.8 Å². The molecular formula is C40H36N4O9. The highest BCUT2D eigenvalue weighted by Gasteiger charge is 2.17. The SMILES string of the molecule is CCC(=Cc1cn(Cc2ccc(OCc3nc(-c4ccco4)oc3C)cc2)nc1OCc1ccc(OCc2nc(-c3ccco3)oc2C)cc1)C(=O)O. The fourth-order valence-electron chi connectivity index (χ4n) is 5.36. The number of aryl methyl sites for hydroxylation is 2. The van der Waals surface area contributed by atoms with E-state index >= 15 is 0 Å². The van der Waals surface area contributed by atoms with Crippen LogP contribution in [0.25, 0.3) is 29.4 Å². The van der Waals surface area contributed by atoms with E-state index in [1.807, 2.05) is 62.4 Å². The molecule has 1 N–H and O–H groups in total. The van der Waals surface area contributed by atoms with Gasteiger partial charge in [0.15, 0.2) is 11.5 Å². The van der Waals surface area contributed by atoms with Gasteiger partial charge in [-0.2, -0.15) is 0 Å². The molecule has 7 aromatic rings. The standard InChI is InChI=1S/C40H36N4O9/c1-4-29(40(45)46)19-30-21-44(20-27-9-13-31(14-10-27)49-23-33-25(2)52-38(41-33)35-7-5-17-47-35)43-37(30)51-22-28-11-15-32(16-12-28)50-24-34-26(3)53-39(42-34)36-8-6-18-48-36/h5-19,21H,4,20,22-24H2,1-3H3,(H,45,46). The van der Waals surface area contributed by atoms with E-state index in [9.17, 15) is 9.90 Å². The molecule has 0 fully saturated rings. The molecule has 0 bridgehead atoms. The molecular weight excluding hydrogens is 680 g/mol. The van der Waals surface area contributed by atoms with E-state index in [-0.39, 0.29) is 25.4 Å². The van der Waals surface area contributed by atoms with Crippen LogP contribution >= 0.6 is 0 Å². The average Bonchev–Trinajstić information content (AvgIpc) is 4.01. The molecule has 53 heavy (non-hydrogen) atoms. The lowest BCUT2D eigenvalue weighted by Crippen LogP contribution is -2.02. The number of carboxylic acid groups (broad SMARTS) is 1. The summed E-state index contributed by atoms with van der Waals surface area (Å²) in [5, 5.41) is 14.4. The number of aliphatic carboxylic acids is 1. The lowest BCUT2D eigenvalue weighted by molar-refractivity contribution is -0.132. The molecule has 0 atom stereocenters. The van der Waals surface area contributed by atoms with Crippen molar-refractivity contribution in [3.05, 3.63) is 137 Å². The number of oxazole rings is 2. The second-order valence-corrected chi connectivity index (χ2v) is 12.1. The quantitative estimate of drug-likeness (QED) is 0.0949. The summed E-state index contributed by atoms with van der Waals surface area (Å²) < 4.78 is 41.9. The van der Waals surface area contributed by atoms with Crippen LogP contribution < -0.4 is 14.2 Å². The molecule has 0 radical (unpaired) electrons. The van der Waals surface area contributed by atoms with Gasteiger partial charge in [0.1, 0.15) is 54.2 Å². The Bertz CT molecular complexity index is 2290. The van der Waals surface area contributed by atoms with E-state index in [1.165, 1.54) is 0 Å². The van der Waals surface area contributed by atoms with Gasteiger partial charge in [0.2, 0.25) is 5.88 Å². The van der Waals surface area contributed by atoms with Gasteiger partial charge in [-0.3, -0.25) is 4.68 Å². The third kappa shape index (κ3) is 8.42. The normalized spacial score (nSPS) is 11.6. The molecule has 270 valence electrons. The molecule has 0 saturated carbocycles. The van der Waals surface area contributed by atoms with Crippen molar-refractivity contribution in [2.24, 2.45) is 0 Å². The van der Waals surface area contributed by atoms with Crippen LogP contribution in [-0.4, -0.2) is 30.8 Å². The smallest absolute Gasteiger partial charge is 0.331 e. The summed E-state index contributed by atoms with van der Waals surface area (Å²) in [6.07, 6.45) is 6.86. The van der Waals surface area contributed by atoms with E-state index in [4.69, 9.17) is 31.9 Å². The summed E-state index contributed by atoms with van der Waals surface area (Å²) in [6, 6.07) is 22.2. The Morgan fingerprint density at radius 3 is 1.79 bits per heavy atom. The molecule has 7 rings (SSSR count). The minimum atomic E-state index is -0.992. The van der Waals surface area contributed by atoms with Gasteiger partial charge in [-0.1, -0.05) is 31.2 Å². The van der Waals surface area contributed by atoms with Crippen molar-refractivity contribution in [3.63, 3.8) is 0 Å². The second kappa shape index (κ2) is 15.6. The Hall–Kier alpha value is -6.76. The number of benzene rings is 2. The zero-order valence-electron chi connectivity index (χ0n) is 29.3. The van der Waals surface area contributed by atoms with Crippen LogP contribution in [-0.2, 0) is 31.2 Å². The summed E-state index contributed by atoms with van der Waals surface area (Å²) >= 11 is 0. The predicted octanol–water partition coefficient (Wildman–Crippen LogP) is 8.66. The molecule has 0 amide bonds. The Morgan fingerprint density at radius 2 is 1.30 bits per heavy atom. The molecule has 0 unspecified atom stereocenters. The summed E-state index contributed by atoms with van der Waals surface area (Å²) in [5.41, 5.74) is 4.01. The number of ether oxygens (including phenoxy) is 3. The van der Waals surface area contributed by atoms with Crippen LogP contribution in [0.5, 0.6) is 17.4 Å². The monoisotopic (exact) mass is 716 g/mol. The highest BCUT2D eigenvalue weighted by molar-refractivity contribution is 5.92. The van der Waals surface area contributed by atoms with Crippen molar-refractivity contribution in [3.8, 4) is 40.7 Å². The summed E-state index contributed by atoms with van der Waals surface area (Å²) in [4.78, 5) is 20.8. The van der Waals surface area contributed by atoms with Crippen molar-refractivity contribution < 1.29 is 41.8 Å². The zero-order valence-corrected chi connectivity index (χ0v) is 29.3. The van der Waals surface area contributed by atoms with E-state index in [0.717, 1.165) is 11.1 Å². The first kappa shape index (κ1) is 34.7. The second-order valence-electron chi connectivity index (χ2n) is 12.1. The number of rotatable bonds is 16. The highest BCUT2D eigenvalue weighted by atomic mass is 16.5. The number of carboxylic acids is 1. The van der Waals surface area contributed by atoms with E-state index in [1.54, 1.807) is 60.7 Å². The van der Waals surface area contributed by atoms with Gasteiger partial charge in [0, 0.05) is 11.8 Å². The Balaban J connectivity index is 0.974. The number of hydrogen-bond acceptors (Lipinski definition) is 11. The number of nitrogens with zero attached hydrogens (tertiary/aromatic N) is 4. The van der Waals surface area contributed by atoms with Gasteiger partial charge < -0.3 is 37.0 Å². The largest absolute Gasteiger partial charge is 0.487 e. The van der Waals surface area contributed by atoms with Crippen LogP contribution in [0.15, 0.2) is 115 Å². The molecule has 0 aliphatic rings. The number of aromatic nitrogens is 4. The van der Waals surface area contributed by atoms with Crippen LogP contribution in [0.4, 0.5) is 0 Å². The Kier molecular flexibility index (Phi) is 10.2. The molecule has 0 spiro atoms. The molecule has 5 aromatic heterocycles. The van der Waals surface area contributed by atoms with Crippen molar-refractivity contribution in [1.82, 2.24) is 19.7 Å². The Morgan fingerprint density at radius 1 is 0.755 bits per heavy atom. The minimum Gasteiger partial charge on any atom is -0.487 e. The van der Waals surface area contributed by atoms with Crippen molar-refractivity contribution in [2.45, 2.75) is 53.6 Å². The summed E-state index contributed by atoms with van der Waals surface area (Å²) in [7, 11) is 0. The fourth-order valence-corrected chi connectivity index (χ4v) is 5.36. The summed E-state index contributed by atoms with van der Waals surface area (Å²) in [5.74, 6) is 3.89. The zero-order chi connectivity index (χ0) is 36.7. The lowest BCUT2D eigenvalue weighted by atomic mass is 10.1. The number of carbonyl (C=O) groups is 1. The molecule has 0 aliphatic carbocycles. The molecule has 0 saturated heterocycles. The van der Waals surface area contributed by atoms with E-state index in [2.05, 4.69) is 15.1 Å². The number of furan rings is 2. The third-order valence-corrected chi connectivity index (χ3v) is 8.31. The van der Waals surface area contributed by atoms with Crippen molar-refractivity contribution in [1.29, 1.82) is 0 Å². The average molecular weight is 717 g/mol. The van der Waals surface area contributed by atoms with Gasteiger partial charge in [-0.05, 0) is 86.0 Å². The van der Waals surface area contributed by atoms with Gasteiger partial charge in [0.05, 0.1) is 24.6 Å². The first-order valence-corrected chi connectivity index (χ1v) is 16.9. The van der Waals surface area contributed by atoms with Gasteiger partial charge in [-0.25, -0.2) is 14.8 Å². The first-order valence-electron chi connectivity index (χ1n) is 16.9. The molecule has 0 aliphatic heterocycles. The van der Waals surface area contributed by atoms with Crippen LogP contribution in [0.3, 0.4) is 0 Å². The lowest BCUT2D eigenvalue weighted by Gasteiger charge is -2.08. The maximum absolute atomic E-state index is 11.8. The Labute approximate surface area is 304 Å². The van der Waals surface area contributed by atoms with Gasteiger partial charge in [0.25, 0.3) is 11.8 Å². The maximum atomic E-state index is 11.8. The van der Waals surface area contributed by atoms with E-state index in [0.29, 0.717) is 82.1 Å². The van der Waals surface area contributed by atoms with Crippen LogP contribution in [0.1, 0.15) is 52.9 Å². The van der Waals surface area contributed by atoms with Gasteiger partial charge >= 0.3 is 5.97 Å². The molecule has 2 aromatic carbocycles. The first-order chi connectivity index (χ1) is 25.8. The summed E-state index contributed by atoms with van der Waals surface area (Å²) in [6.45, 7) is 6.56. The topological polar surface area (TPSA) is 161 Å². The third-order valence-electron chi connectivity index (χ3n) is 8.31. The highest BCUT2D eigenvalue weighted by Crippen LogP contribution is 2.27. The predicted molar refractivity (Wildman–Crippen MR) is 191 cm³/mol. The fraction of sp³-hybridized carbons (Fsp3) is 0.200. The van der Waals surface area contributed by atoms with Crippen molar-refractivity contribution >= 4 is 12.0 Å². The number of hydrogen-bond donors (Lipinski definition) is 1. The molecule has 13 nitrogen and oxygen atoms in total. The van der Waals surface area contributed by atoms with E-state index < -0.39 is 5.97 Å². The maximum Gasteiger partial charge on any atom is 0.331 e. The van der Waals surface area contributed by atoms with Crippen LogP contribution in [0.2, 0.25) is 0 Å². The van der Waals surface area contributed by atoms with Gasteiger partial charge in [-0.15, -0.1) is 5.10 Å².